The fourth-order valence-corrected chi connectivity index (χ4v) is 2.03. The standard InChI is InChI=1S/C17H29N3O2.HI/c1-3-18-17(19-11-5-6-13-22-4-2)20-12-10-15-8-7-9-16(21)14-15;/h7-9,14,21H,3-6,10-13H2,1-2H3,(H2,18,19,20);1H. The number of nitrogens with zero attached hydrogens (tertiary/aromatic N) is 1. The Morgan fingerprint density at radius 1 is 1.22 bits per heavy atom. The van der Waals surface area contributed by atoms with E-state index in [1.54, 1.807) is 12.1 Å². The first-order valence-corrected chi connectivity index (χ1v) is 8.14. The van der Waals surface area contributed by atoms with Gasteiger partial charge in [-0.05, 0) is 50.8 Å². The molecule has 3 N–H and O–H groups in total. The lowest BCUT2D eigenvalue weighted by atomic mass is 10.1. The van der Waals surface area contributed by atoms with E-state index in [-0.39, 0.29) is 24.0 Å². The lowest BCUT2D eigenvalue weighted by Gasteiger charge is -2.11. The predicted octanol–water partition coefficient (Wildman–Crippen LogP) is 2.92. The predicted molar refractivity (Wildman–Crippen MR) is 107 cm³/mol. The number of hydrogen-bond acceptors (Lipinski definition) is 3. The minimum absolute atomic E-state index is 0. The molecule has 0 aliphatic heterocycles. The zero-order chi connectivity index (χ0) is 16.0. The number of halogens is 1. The molecule has 6 heteroatoms. The number of unbranched alkanes of at least 4 members (excludes halogenated alkanes) is 1. The van der Waals surface area contributed by atoms with Gasteiger partial charge in [-0.1, -0.05) is 12.1 Å². The van der Waals surface area contributed by atoms with E-state index in [0.717, 1.165) is 63.6 Å². The van der Waals surface area contributed by atoms with Gasteiger partial charge in [-0.3, -0.25) is 4.99 Å². The van der Waals surface area contributed by atoms with Gasteiger partial charge in [0.25, 0.3) is 0 Å². The van der Waals surface area contributed by atoms with Crippen LogP contribution in [0.4, 0.5) is 0 Å². The van der Waals surface area contributed by atoms with Gasteiger partial charge in [-0.15, -0.1) is 24.0 Å². The zero-order valence-corrected chi connectivity index (χ0v) is 16.5. The maximum absolute atomic E-state index is 9.44. The van der Waals surface area contributed by atoms with Crippen LogP contribution in [0.3, 0.4) is 0 Å². The summed E-state index contributed by atoms with van der Waals surface area (Å²) in [6.07, 6.45) is 2.92. The third-order valence-corrected chi connectivity index (χ3v) is 3.13. The van der Waals surface area contributed by atoms with Crippen molar-refractivity contribution in [2.45, 2.75) is 33.1 Å². The summed E-state index contributed by atoms with van der Waals surface area (Å²) in [6, 6.07) is 7.35. The summed E-state index contributed by atoms with van der Waals surface area (Å²) < 4.78 is 5.31. The lowest BCUT2D eigenvalue weighted by molar-refractivity contribution is 0.144. The summed E-state index contributed by atoms with van der Waals surface area (Å²) >= 11 is 0. The van der Waals surface area contributed by atoms with E-state index in [0.29, 0.717) is 5.75 Å². The fourth-order valence-electron chi connectivity index (χ4n) is 2.03. The number of nitrogens with one attached hydrogen (secondary N) is 2. The van der Waals surface area contributed by atoms with Gasteiger partial charge in [0.1, 0.15) is 5.75 Å². The molecular weight excluding hydrogens is 405 g/mol. The fraction of sp³-hybridized carbons (Fsp3) is 0.588. The highest BCUT2D eigenvalue weighted by atomic mass is 127. The maximum atomic E-state index is 9.44. The van der Waals surface area contributed by atoms with Crippen LogP contribution >= 0.6 is 24.0 Å². The second-order valence-corrected chi connectivity index (χ2v) is 5.01. The molecule has 0 aliphatic rings. The molecule has 0 heterocycles. The topological polar surface area (TPSA) is 65.9 Å². The number of phenols is 1. The number of guanidine groups is 1. The van der Waals surface area contributed by atoms with Crippen molar-refractivity contribution in [1.29, 1.82) is 0 Å². The second-order valence-electron chi connectivity index (χ2n) is 5.01. The van der Waals surface area contributed by atoms with Crippen LogP contribution in [0, 0.1) is 0 Å². The van der Waals surface area contributed by atoms with Gasteiger partial charge in [0.2, 0.25) is 0 Å². The number of ether oxygens (including phenoxy) is 1. The van der Waals surface area contributed by atoms with Gasteiger partial charge >= 0.3 is 0 Å². The Bertz CT molecular complexity index is 442. The zero-order valence-electron chi connectivity index (χ0n) is 14.2. The molecule has 0 spiro atoms. The number of benzene rings is 1. The summed E-state index contributed by atoms with van der Waals surface area (Å²) in [5, 5.41) is 16.0. The van der Waals surface area contributed by atoms with Crippen LogP contribution in [0.15, 0.2) is 29.3 Å². The minimum Gasteiger partial charge on any atom is -0.508 e. The highest BCUT2D eigenvalue weighted by Crippen LogP contribution is 2.10. The number of phenolic OH excluding ortho intramolecular Hbond substituents is 1. The van der Waals surface area contributed by atoms with Gasteiger partial charge in [0, 0.05) is 32.8 Å². The van der Waals surface area contributed by atoms with Gasteiger partial charge in [-0.25, -0.2) is 0 Å². The molecule has 0 radical (unpaired) electrons. The quantitative estimate of drug-likeness (QED) is 0.229. The van der Waals surface area contributed by atoms with Crippen LogP contribution in [0.2, 0.25) is 0 Å². The largest absolute Gasteiger partial charge is 0.508 e. The van der Waals surface area contributed by atoms with E-state index in [2.05, 4.69) is 22.5 Å². The minimum atomic E-state index is 0. The van der Waals surface area contributed by atoms with E-state index in [1.807, 2.05) is 19.1 Å². The van der Waals surface area contributed by atoms with Crippen molar-refractivity contribution in [1.82, 2.24) is 10.6 Å². The van der Waals surface area contributed by atoms with Crippen LogP contribution in [-0.2, 0) is 11.2 Å². The highest BCUT2D eigenvalue weighted by molar-refractivity contribution is 14.0. The van der Waals surface area contributed by atoms with Crippen molar-refractivity contribution in [2.24, 2.45) is 4.99 Å². The van der Waals surface area contributed by atoms with E-state index in [4.69, 9.17) is 4.74 Å². The first kappa shape index (κ1) is 22.0. The van der Waals surface area contributed by atoms with E-state index < -0.39 is 0 Å². The van der Waals surface area contributed by atoms with Crippen molar-refractivity contribution < 1.29 is 9.84 Å². The molecule has 5 nitrogen and oxygen atoms in total. The summed E-state index contributed by atoms with van der Waals surface area (Å²) in [7, 11) is 0. The molecule has 0 saturated carbocycles. The second kappa shape index (κ2) is 14.6. The van der Waals surface area contributed by atoms with Crippen molar-refractivity contribution in [2.75, 3.05) is 32.8 Å². The Morgan fingerprint density at radius 2 is 2.04 bits per heavy atom. The third kappa shape index (κ3) is 11.2. The summed E-state index contributed by atoms with van der Waals surface area (Å²) in [4.78, 5) is 4.55. The normalized spacial score (nSPS) is 11.0. The molecule has 0 aromatic heterocycles. The monoisotopic (exact) mass is 435 g/mol. The smallest absolute Gasteiger partial charge is 0.191 e. The molecule has 23 heavy (non-hydrogen) atoms. The van der Waals surface area contributed by atoms with E-state index >= 15 is 0 Å². The Morgan fingerprint density at radius 3 is 2.74 bits per heavy atom. The molecule has 1 aromatic carbocycles. The lowest BCUT2D eigenvalue weighted by Crippen LogP contribution is -2.38. The molecule has 0 aliphatic carbocycles. The number of aliphatic imine (C=N–C) groups is 1. The number of aromatic hydroxyl groups is 1. The molecule has 132 valence electrons. The van der Waals surface area contributed by atoms with Gasteiger partial charge in [0.05, 0.1) is 0 Å². The number of hydrogen-bond donors (Lipinski definition) is 3. The van der Waals surface area contributed by atoms with Crippen LogP contribution in [0.25, 0.3) is 0 Å². The van der Waals surface area contributed by atoms with Crippen LogP contribution in [0.5, 0.6) is 5.75 Å². The van der Waals surface area contributed by atoms with Gasteiger partial charge in [-0.2, -0.15) is 0 Å². The third-order valence-electron chi connectivity index (χ3n) is 3.13. The Balaban J connectivity index is 0.00000484. The Labute approximate surface area is 156 Å². The average molecular weight is 435 g/mol. The van der Waals surface area contributed by atoms with Gasteiger partial charge < -0.3 is 20.5 Å². The SMILES string of the molecule is CCNC(=NCCCCOCC)NCCc1cccc(O)c1.I. The van der Waals surface area contributed by atoms with Crippen LogP contribution < -0.4 is 10.6 Å². The maximum Gasteiger partial charge on any atom is 0.191 e. The molecule has 1 aromatic rings. The van der Waals surface area contributed by atoms with Crippen LogP contribution in [0.1, 0.15) is 32.3 Å². The van der Waals surface area contributed by atoms with Crippen molar-refractivity contribution in [3.8, 4) is 5.75 Å². The molecule has 0 unspecified atom stereocenters. The summed E-state index contributed by atoms with van der Waals surface area (Å²) in [5.74, 6) is 1.16. The first-order chi connectivity index (χ1) is 10.8. The van der Waals surface area contributed by atoms with E-state index in [1.165, 1.54) is 0 Å². The molecule has 0 amide bonds. The van der Waals surface area contributed by atoms with Crippen molar-refractivity contribution in [3.05, 3.63) is 29.8 Å². The molecular formula is C17H30IN3O2. The molecule has 0 atom stereocenters. The van der Waals surface area contributed by atoms with Crippen molar-refractivity contribution >= 4 is 29.9 Å². The molecule has 0 bridgehead atoms. The Hall–Kier alpha value is -1.02. The van der Waals surface area contributed by atoms with E-state index in [9.17, 15) is 5.11 Å². The van der Waals surface area contributed by atoms with Crippen LogP contribution in [-0.4, -0.2) is 43.9 Å². The highest BCUT2D eigenvalue weighted by Gasteiger charge is 1.98. The molecule has 0 fully saturated rings. The number of rotatable bonds is 10. The molecule has 1 rings (SSSR count). The summed E-state index contributed by atoms with van der Waals surface area (Å²) in [5.41, 5.74) is 1.11. The first-order valence-electron chi connectivity index (χ1n) is 8.14. The summed E-state index contributed by atoms with van der Waals surface area (Å²) in [6.45, 7) is 8.09. The average Bonchev–Trinajstić information content (AvgIpc) is 2.51. The molecule has 0 saturated heterocycles. The van der Waals surface area contributed by atoms with Crippen molar-refractivity contribution in [3.63, 3.8) is 0 Å². The Kier molecular flexibility index (Phi) is 13.9. The van der Waals surface area contributed by atoms with Gasteiger partial charge in [0.15, 0.2) is 5.96 Å².